The summed E-state index contributed by atoms with van der Waals surface area (Å²) in [5.74, 6) is 2.05. The van der Waals surface area contributed by atoms with Crippen LogP contribution in [0.5, 0.6) is 0 Å². The van der Waals surface area contributed by atoms with Gasteiger partial charge in [0.05, 0.1) is 5.41 Å². The highest BCUT2D eigenvalue weighted by molar-refractivity contribution is 5.88. The van der Waals surface area contributed by atoms with Gasteiger partial charge in [-0.15, -0.1) is 0 Å². The van der Waals surface area contributed by atoms with E-state index in [2.05, 4.69) is 64.3 Å². The third-order valence-electron chi connectivity index (χ3n) is 10.5. The summed E-state index contributed by atoms with van der Waals surface area (Å²) in [5.41, 5.74) is 0.763. The molecule has 1 aromatic carbocycles. The molecule has 234 valence electrons. The number of carbonyl (C=O) groups is 2. The Bertz CT molecular complexity index is 1010. The van der Waals surface area contributed by atoms with Crippen LogP contribution in [-0.4, -0.2) is 127 Å². The van der Waals surface area contributed by atoms with Crippen LogP contribution in [0, 0.1) is 11.8 Å². The molecular formula is C34H55N5O3. The molecule has 1 unspecified atom stereocenters. The molecule has 42 heavy (non-hydrogen) atoms. The standard InChI is InChI=1S/C19H28N2O2.C15H27N3O/c1-16(2)20-10-12-21(13-11-20)18(22)19(8-14-23-15-9-19)17-6-4-3-5-7-17;1-12(2)16-7-9-17(10-8-16)15(19)18-6-5-14(11-18)13-3-4-13/h3-7,16H,8-15H2,1-2H3;12-14H,3-11H2,1-2H3. The number of benzene rings is 1. The fraction of sp³-hybridized carbons (Fsp3) is 0.765. The van der Waals surface area contributed by atoms with Crippen LogP contribution in [0.4, 0.5) is 4.79 Å². The van der Waals surface area contributed by atoms with Gasteiger partial charge in [0.1, 0.15) is 0 Å². The van der Waals surface area contributed by atoms with Gasteiger partial charge >= 0.3 is 6.03 Å². The van der Waals surface area contributed by atoms with Crippen molar-refractivity contribution in [1.82, 2.24) is 24.5 Å². The number of piperazine rings is 2. The monoisotopic (exact) mass is 581 g/mol. The molecule has 5 aliphatic rings. The lowest BCUT2D eigenvalue weighted by Crippen LogP contribution is -2.56. The van der Waals surface area contributed by atoms with E-state index in [1.54, 1.807) is 0 Å². The summed E-state index contributed by atoms with van der Waals surface area (Å²) in [6.45, 7) is 19.8. The lowest BCUT2D eigenvalue weighted by molar-refractivity contribution is -0.143. The molecule has 0 aromatic heterocycles. The van der Waals surface area contributed by atoms with Crippen molar-refractivity contribution < 1.29 is 14.3 Å². The first kappa shape index (κ1) is 31.3. The SMILES string of the molecule is CC(C)N1CCN(C(=O)C2(c3ccccc3)CCOCC2)CC1.CC(C)N1CCN(C(=O)N2CCC(C3CC3)C2)CC1. The first-order valence-corrected chi connectivity index (χ1v) is 16.7. The van der Waals surface area contributed by atoms with Crippen molar-refractivity contribution in [3.8, 4) is 0 Å². The zero-order valence-electron chi connectivity index (χ0n) is 26.7. The van der Waals surface area contributed by atoms with Crippen LogP contribution >= 0.6 is 0 Å². The second-order valence-electron chi connectivity index (χ2n) is 13.7. The molecule has 4 aliphatic heterocycles. The number of rotatable bonds is 5. The van der Waals surface area contributed by atoms with E-state index in [-0.39, 0.29) is 5.41 Å². The van der Waals surface area contributed by atoms with Crippen molar-refractivity contribution in [3.63, 3.8) is 0 Å². The number of hydrogen-bond acceptors (Lipinski definition) is 5. The average Bonchev–Trinajstić information content (AvgIpc) is 3.77. The van der Waals surface area contributed by atoms with E-state index in [0.29, 0.717) is 37.2 Å². The first-order chi connectivity index (χ1) is 20.3. The van der Waals surface area contributed by atoms with Gasteiger partial charge in [0.2, 0.25) is 5.91 Å². The number of nitrogens with zero attached hydrogens (tertiary/aromatic N) is 5. The summed E-state index contributed by atoms with van der Waals surface area (Å²) in [6.07, 6.45) is 5.63. The molecule has 1 aliphatic carbocycles. The maximum absolute atomic E-state index is 13.4. The third kappa shape index (κ3) is 7.31. The van der Waals surface area contributed by atoms with Gasteiger partial charge in [-0.3, -0.25) is 14.6 Å². The second-order valence-corrected chi connectivity index (χ2v) is 13.7. The van der Waals surface area contributed by atoms with Crippen molar-refractivity contribution in [1.29, 1.82) is 0 Å². The van der Waals surface area contributed by atoms with Gasteiger partial charge in [-0.25, -0.2) is 4.79 Å². The van der Waals surface area contributed by atoms with Gasteiger partial charge in [-0.2, -0.15) is 0 Å². The molecule has 4 heterocycles. The minimum atomic E-state index is -0.389. The van der Waals surface area contributed by atoms with Crippen molar-refractivity contribution in [3.05, 3.63) is 35.9 Å². The lowest BCUT2D eigenvalue weighted by Gasteiger charge is -2.43. The number of amides is 3. The summed E-state index contributed by atoms with van der Waals surface area (Å²) in [7, 11) is 0. The van der Waals surface area contributed by atoms with Crippen LogP contribution in [0.1, 0.15) is 65.4 Å². The van der Waals surface area contributed by atoms with Gasteiger partial charge in [0.25, 0.3) is 0 Å². The van der Waals surface area contributed by atoms with Crippen molar-refractivity contribution in [2.75, 3.05) is 78.7 Å². The number of ether oxygens (including phenoxy) is 1. The van der Waals surface area contributed by atoms with E-state index in [1.165, 1.54) is 19.3 Å². The number of hydrogen-bond donors (Lipinski definition) is 0. The second kappa shape index (κ2) is 14.1. The summed E-state index contributed by atoms with van der Waals surface area (Å²) in [5, 5.41) is 0. The van der Waals surface area contributed by atoms with Gasteiger partial charge in [0.15, 0.2) is 0 Å². The van der Waals surface area contributed by atoms with Gasteiger partial charge in [0, 0.05) is 90.7 Å². The number of likely N-dealkylation sites (tertiary alicyclic amines) is 1. The van der Waals surface area contributed by atoms with Crippen molar-refractivity contribution >= 4 is 11.9 Å². The molecule has 0 spiro atoms. The van der Waals surface area contributed by atoms with Crippen LogP contribution in [0.2, 0.25) is 0 Å². The van der Waals surface area contributed by atoms with Crippen molar-refractivity contribution in [2.45, 2.75) is 77.3 Å². The first-order valence-electron chi connectivity index (χ1n) is 16.7. The highest BCUT2D eigenvalue weighted by atomic mass is 16.5. The minimum absolute atomic E-state index is 0.298. The number of carbonyl (C=O) groups excluding carboxylic acids is 2. The van der Waals surface area contributed by atoms with E-state index in [1.807, 2.05) is 18.2 Å². The molecular weight excluding hydrogens is 526 g/mol. The molecule has 5 fully saturated rings. The molecule has 8 nitrogen and oxygen atoms in total. The molecule has 8 heteroatoms. The minimum Gasteiger partial charge on any atom is -0.381 e. The van der Waals surface area contributed by atoms with Crippen LogP contribution < -0.4 is 0 Å². The summed E-state index contributed by atoms with van der Waals surface area (Å²) < 4.78 is 5.55. The Kier molecular flexibility index (Phi) is 10.5. The van der Waals surface area contributed by atoms with E-state index in [9.17, 15) is 9.59 Å². The normalized spacial score (nSPS) is 25.5. The quantitative estimate of drug-likeness (QED) is 0.523. The maximum atomic E-state index is 13.4. The Morgan fingerprint density at radius 1 is 0.690 bits per heavy atom. The summed E-state index contributed by atoms with van der Waals surface area (Å²) in [6, 6.07) is 11.8. The Hall–Kier alpha value is -2.16. The zero-order chi connectivity index (χ0) is 29.7. The number of urea groups is 1. The van der Waals surface area contributed by atoms with Crippen LogP contribution in [0.15, 0.2) is 30.3 Å². The van der Waals surface area contributed by atoms with Gasteiger partial charge in [-0.05, 0) is 77.2 Å². The predicted octanol–water partition coefficient (Wildman–Crippen LogP) is 4.15. The molecule has 0 radical (unpaired) electrons. The fourth-order valence-corrected chi connectivity index (χ4v) is 7.39. The smallest absolute Gasteiger partial charge is 0.320 e. The van der Waals surface area contributed by atoms with Gasteiger partial charge < -0.3 is 19.4 Å². The van der Waals surface area contributed by atoms with Gasteiger partial charge in [-0.1, -0.05) is 30.3 Å². The average molecular weight is 582 g/mol. The van der Waals surface area contributed by atoms with E-state index < -0.39 is 0 Å². The van der Waals surface area contributed by atoms with E-state index in [0.717, 1.165) is 95.7 Å². The van der Waals surface area contributed by atoms with E-state index >= 15 is 0 Å². The predicted molar refractivity (Wildman–Crippen MR) is 168 cm³/mol. The van der Waals surface area contributed by atoms with Crippen molar-refractivity contribution in [2.24, 2.45) is 11.8 Å². The highest BCUT2D eigenvalue weighted by Gasteiger charge is 2.44. The third-order valence-corrected chi connectivity index (χ3v) is 10.5. The Morgan fingerprint density at radius 3 is 1.76 bits per heavy atom. The Balaban J connectivity index is 0.000000171. The summed E-state index contributed by atoms with van der Waals surface area (Å²) >= 11 is 0. The lowest BCUT2D eigenvalue weighted by atomic mass is 9.73. The molecule has 0 N–H and O–H groups in total. The molecule has 6 rings (SSSR count). The summed E-state index contributed by atoms with van der Waals surface area (Å²) in [4.78, 5) is 37.1. The molecule has 4 saturated heterocycles. The Morgan fingerprint density at radius 2 is 1.24 bits per heavy atom. The fourth-order valence-electron chi connectivity index (χ4n) is 7.39. The molecule has 3 amide bonds. The zero-order valence-corrected chi connectivity index (χ0v) is 26.7. The Labute approximate surface area is 254 Å². The highest BCUT2D eigenvalue weighted by Crippen LogP contribution is 2.41. The maximum Gasteiger partial charge on any atom is 0.320 e. The van der Waals surface area contributed by atoms with Crippen LogP contribution in [0.3, 0.4) is 0 Å². The molecule has 1 aromatic rings. The topological polar surface area (TPSA) is 59.6 Å². The molecule has 1 saturated carbocycles. The molecule has 0 bridgehead atoms. The van der Waals surface area contributed by atoms with Crippen LogP contribution in [0.25, 0.3) is 0 Å². The largest absolute Gasteiger partial charge is 0.381 e. The van der Waals surface area contributed by atoms with Crippen LogP contribution in [-0.2, 0) is 14.9 Å². The molecule has 1 atom stereocenters. The van der Waals surface area contributed by atoms with E-state index in [4.69, 9.17) is 4.74 Å².